The minimum atomic E-state index is 0. The number of aromatic nitrogens is 1. The molecule has 3 rings (SSSR count). The summed E-state index contributed by atoms with van der Waals surface area (Å²) in [4.78, 5) is 20.6. The molecule has 1 aliphatic rings. The monoisotopic (exact) mass is 461 g/mol. The van der Waals surface area contributed by atoms with Crippen LogP contribution in [0.4, 0.5) is 0 Å². The molecule has 0 saturated carbocycles. The molecule has 6 nitrogen and oxygen atoms in total. The van der Waals surface area contributed by atoms with Gasteiger partial charge >= 0.3 is 0 Å². The van der Waals surface area contributed by atoms with E-state index in [9.17, 15) is 4.79 Å². The van der Waals surface area contributed by atoms with Gasteiger partial charge in [0, 0.05) is 24.7 Å². The fourth-order valence-electron chi connectivity index (χ4n) is 3.41. The molecule has 1 amide bonds. The van der Waals surface area contributed by atoms with Crippen LogP contribution in [0, 0.1) is 6.92 Å². The molecular weight excluding hydrogens is 433 g/mol. The van der Waals surface area contributed by atoms with Crippen molar-refractivity contribution in [3.05, 3.63) is 28.8 Å². The van der Waals surface area contributed by atoms with Gasteiger partial charge in [0.25, 0.3) is 5.91 Å². The maximum absolute atomic E-state index is 13.2. The van der Waals surface area contributed by atoms with Gasteiger partial charge in [-0.05, 0) is 44.5 Å². The molecule has 1 aliphatic heterocycles. The average molecular weight is 462 g/mol. The molecule has 2 heterocycles. The smallest absolute Gasteiger partial charge is 0.266 e. The van der Waals surface area contributed by atoms with Crippen molar-refractivity contribution in [3.8, 4) is 22.1 Å². The highest BCUT2D eigenvalue weighted by molar-refractivity contribution is 7.17. The van der Waals surface area contributed by atoms with Crippen LogP contribution in [0.25, 0.3) is 10.6 Å². The highest BCUT2D eigenvalue weighted by atomic mass is 35.5. The quantitative estimate of drug-likeness (QED) is 0.669. The fraction of sp³-hybridized carbons (Fsp3) is 0.500. The zero-order valence-electron chi connectivity index (χ0n) is 17.2. The second kappa shape index (κ2) is 11.6. The van der Waals surface area contributed by atoms with Crippen LogP contribution in [0.3, 0.4) is 0 Å². The summed E-state index contributed by atoms with van der Waals surface area (Å²) in [6, 6.07) is 5.97. The Morgan fingerprint density at radius 1 is 1.28 bits per heavy atom. The summed E-state index contributed by atoms with van der Waals surface area (Å²) in [6.07, 6.45) is 1.95. The van der Waals surface area contributed by atoms with E-state index in [2.05, 4.69) is 17.2 Å². The van der Waals surface area contributed by atoms with E-state index in [0.717, 1.165) is 53.6 Å². The highest BCUT2D eigenvalue weighted by Gasteiger charge is 2.29. The number of methoxy groups -OCH3 is 2. The van der Waals surface area contributed by atoms with Crippen LogP contribution in [-0.4, -0.2) is 55.7 Å². The van der Waals surface area contributed by atoms with Crippen LogP contribution in [0.1, 0.15) is 35.1 Å². The topological polar surface area (TPSA) is 63.7 Å². The van der Waals surface area contributed by atoms with Gasteiger partial charge in [0.1, 0.15) is 9.88 Å². The molecular formula is C20H29Cl2N3O3S. The van der Waals surface area contributed by atoms with Crippen molar-refractivity contribution in [1.29, 1.82) is 0 Å². The number of hydrogen-bond acceptors (Lipinski definition) is 6. The van der Waals surface area contributed by atoms with Gasteiger partial charge < -0.3 is 19.7 Å². The first-order valence-electron chi connectivity index (χ1n) is 9.30. The Hall–Kier alpha value is -1.54. The summed E-state index contributed by atoms with van der Waals surface area (Å²) in [5, 5.41) is 4.17. The third-order valence-corrected chi connectivity index (χ3v) is 6.02. The van der Waals surface area contributed by atoms with Gasteiger partial charge in [-0.1, -0.05) is 6.92 Å². The van der Waals surface area contributed by atoms with Crippen LogP contribution < -0.4 is 14.8 Å². The van der Waals surface area contributed by atoms with Crippen LogP contribution in [0.5, 0.6) is 11.5 Å². The van der Waals surface area contributed by atoms with Crippen LogP contribution in [0.15, 0.2) is 18.2 Å². The third-order valence-electron chi connectivity index (χ3n) is 4.82. The van der Waals surface area contributed by atoms with Gasteiger partial charge in [0.2, 0.25) is 0 Å². The van der Waals surface area contributed by atoms with Crippen molar-refractivity contribution >= 4 is 42.1 Å². The molecule has 1 saturated heterocycles. The standard InChI is InChI=1S/C20H27N3O3S.2ClH/c1-5-10-23(15-8-9-21-12-15)20(24)18-13(2)22-19(27-18)14-6-7-16(25-3)17(11-14)26-4;;/h6-7,11,15,21H,5,8-10,12H2,1-4H3;2*1H. The first kappa shape index (κ1) is 25.5. The van der Waals surface area contributed by atoms with Gasteiger partial charge in [-0.15, -0.1) is 36.2 Å². The minimum absolute atomic E-state index is 0. The van der Waals surface area contributed by atoms with Crippen molar-refractivity contribution in [2.24, 2.45) is 0 Å². The maximum Gasteiger partial charge on any atom is 0.266 e. The van der Waals surface area contributed by atoms with Gasteiger partial charge in [-0.3, -0.25) is 4.79 Å². The first-order chi connectivity index (χ1) is 13.1. The minimum Gasteiger partial charge on any atom is -0.493 e. The number of aryl methyl sites for hydroxylation is 1. The Balaban J connectivity index is 0.00000210. The number of thiazole rings is 1. The number of hydrogen-bond donors (Lipinski definition) is 1. The Labute approximate surface area is 188 Å². The summed E-state index contributed by atoms with van der Waals surface area (Å²) in [7, 11) is 3.23. The normalized spacial score (nSPS) is 15.2. The second-order valence-electron chi connectivity index (χ2n) is 6.65. The number of benzene rings is 1. The number of amides is 1. The second-order valence-corrected chi connectivity index (χ2v) is 7.65. The largest absolute Gasteiger partial charge is 0.493 e. The summed E-state index contributed by atoms with van der Waals surface area (Å²) in [5.41, 5.74) is 1.70. The lowest BCUT2D eigenvalue weighted by Crippen LogP contribution is -2.42. The molecule has 1 unspecified atom stereocenters. The molecule has 29 heavy (non-hydrogen) atoms. The van der Waals surface area contributed by atoms with E-state index in [1.54, 1.807) is 14.2 Å². The predicted octanol–water partition coefficient (Wildman–Crippen LogP) is 4.19. The van der Waals surface area contributed by atoms with Crippen molar-refractivity contribution in [2.45, 2.75) is 32.7 Å². The molecule has 0 aliphatic carbocycles. The molecule has 1 fully saturated rings. The van der Waals surface area contributed by atoms with Crippen molar-refractivity contribution < 1.29 is 14.3 Å². The molecule has 1 aromatic carbocycles. The molecule has 9 heteroatoms. The highest BCUT2D eigenvalue weighted by Crippen LogP contribution is 2.35. The summed E-state index contributed by atoms with van der Waals surface area (Å²) >= 11 is 1.45. The SMILES string of the molecule is CCCN(C(=O)c1sc(-c2ccc(OC)c(OC)c2)nc1C)C1CCNC1.Cl.Cl. The molecule has 1 atom stereocenters. The Kier molecular flexibility index (Phi) is 10.2. The molecule has 1 N–H and O–H groups in total. The van der Waals surface area contributed by atoms with Crippen LogP contribution in [-0.2, 0) is 0 Å². The molecule has 162 valence electrons. The van der Waals surface area contributed by atoms with Crippen molar-refractivity contribution in [3.63, 3.8) is 0 Å². The van der Waals surface area contributed by atoms with Gasteiger partial charge in [0.05, 0.1) is 19.9 Å². The van der Waals surface area contributed by atoms with E-state index in [-0.39, 0.29) is 36.8 Å². The van der Waals surface area contributed by atoms with Crippen LogP contribution >= 0.6 is 36.2 Å². The van der Waals surface area contributed by atoms with E-state index in [1.165, 1.54) is 11.3 Å². The predicted molar refractivity (Wildman–Crippen MR) is 122 cm³/mol. The Bertz CT molecular complexity index is 810. The number of carbonyl (C=O) groups excluding carboxylic acids is 1. The summed E-state index contributed by atoms with van der Waals surface area (Å²) in [6.45, 7) is 6.62. The van der Waals surface area contributed by atoms with Crippen molar-refractivity contribution in [2.75, 3.05) is 33.9 Å². The third kappa shape index (κ3) is 5.54. The number of halogens is 2. The van der Waals surface area contributed by atoms with E-state index in [0.29, 0.717) is 11.5 Å². The number of carbonyl (C=O) groups is 1. The van der Waals surface area contributed by atoms with Gasteiger partial charge in [-0.25, -0.2) is 4.98 Å². The maximum atomic E-state index is 13.2. The Morgan fingerprint density at radius 2 is 2.00 bits per heavy atom. The van der Waals surface area contributed by atoms with Gasteiger partial charge in [-0.2, -0.15) is 0 Å². The lowest BCUT2D eigenvalue weighted by molar-refractivity contribution is 0.0696. The number of nitrogens with one attached hydrogen (secondary N) is 1. The molecule has 2 aromatic rings. The average Bonchev–Trinajstić information content (AvgIpc) is 3.35. The number of ether oxygens (including phenoxy) is 2. The zero-order chi connectivity index (χ0) is 19.4. The molecule has 0 spiro atoms. The van der Waals surface area contributed by atoms with E-state index >= 15 is 0 Å². The van der Waals surface area contributed by atoms with Gasteiger partial charge in [0.15, 0.2) is 11.5 Å². The Morgan fingerprint density at radius 3 is 2.59 bits per heavy atom. The zero-order valence-corrected chi connectivity index (χ0v) is 19.6. The lowest BCUT2D eigenvalue weighted by atomic mass is 10.2. The fourth-order valence-corrected chi connectivity index (χ4v) is 4.43. The molecule has 0 radical (unpaired) electrons. The summed E-state index contributed by atoms with van der Waals surface area (Å²) in [5.74, 6) is 1.42. The number of rotatable bonds is 7. The van der Waals surface area contributed by atoms with Crippen LogP contribution in [0.2, 0.25) is 0 Å². The molecule has 1 aromatic heterocycles. The first-order valence-corrected chi connectivity index (χ1v) is 10.1. The van der Waals surface area contributed by atoms with E-state index in [4.69, 9.17) is 9.47 Å². The van der Waals surface area contributed by atoms with Crippen molar-refractivity contribution in [1.82, 2.24) is 15.2 Å². The lowest BCUT2D eigenvalue weighted by Gasteiger charge is -2.27. The molecule has 0 bridgehead atoms. The summed E-state index contributed by atoms with van der Waals surface area (Å²) < 4.78 is 10.7. The van der Waals surface area contributed by atoms with E-state index in [1.807, 2.05) is 30.0 Å². The number of nitrogens with zero attached hydrogens (tertiary/aromatic N) is 2. The van der Waals surface area contributed by atoms with E-state index < -0.39 is 0 Å².